The lowest BCUT2D eigenvalue weighted by molar-refractivity contribution is 0.274. The summed E-state index contributed by atoms with van der Waals surface area (Å²) in [6, 6.07) is 1.64. The Hall–Kier alpha value is -1.13. The van der Waals surface area contributed by atoms with E-state index in [1.54, 1.807) is 7.11 Å². The molecule has 0 fully saturated rings. The van der Waals surface area contributed by atoms with Crippen LogP contribution in [0, 0.1) is 13.8 Å². The number of aromatic nitrogens is 1. The number of ether oxygens (including phenoxy) is 1. The van der Waals surface area contributed by atoms with E-state index in [2.05, 4.69) is 4.98 Å². The summed E-state index contributed by atoms with van der Waals surface area (Å²) in [6.45, 7) is 3.89. The molecule has 0 spiro atoms. The Morgan fingerprint density at radius 1 is 1.53 bits per heavy atom. The van der Waals surface area contributed by atoms with Gasteiger partial charge in [0.2, 0.25) is 0 Å². The van der Waals surface area contributed by atoms with Gasteiger partial charge in [0.1, 0.15) is 5.75 Å². The first kappa shape index (κ1) is 11.9. The molecule has 0 amide bonds. The number of rotatable bonds is 4. The number of hydrogen-bond donors (Lipinski definition) is 2. The summed E-state index contributed by atoms with van der Waals surface area (Å²) in [4.78, 5) is 4.34. The average molecular weight is 210 g/mol. The maximum absolute atomic E-state index is 8.87. The van der Waals surface area contributed by atoms with Crippen LogP contribution in [-0.2, 0) is 0 Å². The highest BCUT2D eigenvalue weighted by atomic mass is 16.5. The third kappa shape index (κ3) is 2.67. The van der Waals surface area contributed by atoms with Crippen LogP contribution in [0.15, 0.2) is 6.07 Å². The third-order valence-electron chi connectivity index (χ3n) is 2.37. The topological polar surface area (TPSA) is 68.4 Å². The minimum atomic E-state index is -0.224. The van der Waals surface area contributed by atoms with Crippen molar-refractivity contribution in [2.24, 2.45) is 5.73 Å². The number of methoxy groups -OCH3 is 1. The van der Waals surface area contributed by atoms with Gasteiger partial charge in [0.15, 0.2) is 0 Å². The molecule has 1 aromatic heterocycles. The first-order chi connectivity index (χ1) is 7.10. The molecule has 0 bridgehead atoms. The van der Waals surface area contributed by atoms with Crippen LogP contribution in [0.3, 0.4) is 0 Å². The van der Waals surface area contributed by atoms with Crippen molar-refractivity contribution in [1.29, 1.82) is 0 Å². The van der Waals surface area contributed by atoms with Gasteiger partial charge in [-0.2, -0.15) is 0 Å². The van der Waals surface area contributed by atoms with Gasteiger partial charge in [-0.1, -0.05) is 0 Å². The van der Waals surface area contributed by atoms with E-state index in [9.17, 15) is 0 Å². The van der Waals surface area contributed by atoms with Crippen molar-refractivity contribution in [3.8, 4) is 5.75 Å². The minimum absolute atomic E-state index is 0.0671. The normalized spacial score (nSPS) is 12.6. The molecule has 0 radical (unpaired) electrons. The SMILES string of the molecule is COc1cc(C)nc(C)c1C(N)CCO. The van der Waals surface area contributed by atoms with Crippen molar-refractivity contribution in [2.45, 2.75) is 26.3 Å². The maximum Gasteiger partial charge on any atom is 0.127 e. The van der Waals surface area contributed by atoms with E-state index in [0.717, 1.165) is 22.7 Å². The van der Waals surface area contributed by atoms with Crippen molar-refractivity contribution in [2.75, 3.05) is 13.7 Å². The smallest absolute Gasteiger partial charge is 0.127 e. The van der Waals surface area contributed by atoms with Gasteiger partial charge in [-0.05, 0) is 20.3 Å². The lowest BCUT2D eigenvalue weighted by atomic mass is 10.0. The lowest BCUT2D eigenvalue weighted by Crippen LogP contribution is -2.15. The molecule has 1 rings (SSSR count). The van der Waals surface area contributed by atoms with Crippen LogP contribution >= 0.6 is 0 Å². The largest absolute Gasteiger partial charge is 0.496 e. The van der Waals surface area contributed by atoms with Gasteiger partial charge in [-0.25, -0.2) is 0 Å². The highest BCUT2D eigenvalue weighted by Gasteiger charge is 2.15. The molecule has 0 aliphatic rings. The predicted molar refractivity (Wildman–Crippen MR) is 58.9 cm³/mol. The lowest BCUT2D eigenvalue weighted by Gasteiger charge is -2.17. The second-order valence-electron chi connectivity index (χ2n) is 3.58. The fourth-order valence-electron chi connectivity index (χ4n) is 1.71. The van der Waals surface area contributed by atoms with Gasteiger partial charge in [0.25, 0.3) is 0 Å². The predicted octanol–water partition coefficient (Wildman–Crippen LogP) is 1.09. The summed E-state index contributed by atoms with van der Waals surface area (Å²) >= 11 is 0. The van der Waals surface area contributed by atoms with Crippen molar-refractivity contribution < 1.29 is 9.84 Å². The molecule has 1 heterocycles. The monoisotopic (exact) mass is 210 g/mol. The molecule has 0 aliphatic heterocycles. The van der Waals surface area contributed by atoms with E-state index in [4.69, 9.17) is 15.6 Å². The van der Waals surface area contributed by atoms with Gasteiger partial charge in [0, 0.05) is 35.7 Å². The standard InChI is InChI=1S/C11H18N2O2/c1-7-6-10(15-3)11(8(2)13-7)9(12)4-5-14/h6,9,14H,4-5,12H2,1-3H3. The van der Waals surface area contributed by atoms with Crippen LogP contribution in [0.4, 0.5) is 0 Å². The highest BCUT2D eigenvalue weighted by Crippen LogP contribution is 2.28. The molecule has 84 valence electrons. The van der Waals surface area contributed by atoms with Gasteiger partial charge < -0.3 is 15.6 Å². The zero-order chi connectivity index (χ0) is 11.4. The van der Waals surface area contributed by atoms with Gasteiger partial charge >= 0.3 is 0 Å². The Morgan fingerprint density at radius 2 is 2.20 bits per heavy atom. The van der Waals surface area contributed by atoms with Crippen LogP contribution in [-0.4, -0.2) is 23.8 Å². The van der Waals surface area contributed by atoms with Crippen molar-refractivity contribution in [3.63, 3.8) is 0 Å². The summed E-state index contributed by atoms with van der Waals surface area (Å²) in [5.74, 6) is 0.751. The summed E-state index contributed by atoms with van der Waals surface area (Å²) in [7, 11) is 1.61. The van der Waals surface area contributed by atoms with E-state index < -0.39 is 0 Å². The number of hydrogen-bond acceptors (Lipinski definition) is 4. The zero-order valence-electron chi connectivity index (χ0n) is 9.45. The van der Waals surface area contributed by atoms with Crippen LogP contribution in [0.5, 0.6) is 5.75 Å². The Bertz CT molecular complexity index is 340. The number of aliphatic hydroxyl groups excluding tert-OH is 1. The number of nitrogens with zero attached hydrogens (tertiary/aromatic N) is 1. The molecule has 1 aromatic rings. The van der Waals surface area contributed by atoms with E-state index >= 15 is 0 Å². The Balaban J connectivity index is 3.14. The maximum atomic E-state index is 8.87. The van der Waals surface area contributed by atoms with Crippen LogP contribution in [0.2, 0.25) is 0 Å². The molecule has 4 heteroatoms. The molecule has 0 aromatic carbocycles. The molecule has 0 saturated carbocycles. The van der Waals surface area contributed by atoms with Crippen molar-refractivity contribution in [3.05, 3.63) is 23.0 Å². The number of pyridine rings is 1. The fraction of sp³-hybridized carbons (Fsp3) is 0.545. The van der Waals surface area contributed by atoms with Crippen LogP contribution in [0.1, 0.15) is 29.4 Å². The third-order valence-corrected chi connectivity index (χ3v) is 2.37. The van der Waals surface area contributed by atoms with Gasteiger partial charge in [-0.3, -0.25) is 4.98 Å². The molecule has 1 atom stereocenters. The molecule has 3 N–H and O–H groups in total. The first-order valence-corrected chi connectivity index (χ1v) is 4.98. The second kappa shape index (κ2) is 5.09. The molecule has 1 unspecified atom stereocenters. The summed E-state index contributed by atoms with van der Waals surface area (Å²) in [5.41, 5.74) is 8.61. The average Bonchev–Trinajstić information content (AvgIpc) is 2.16. The first-order valence-electron chi connectivity index (χ1n) is 4.98. The zero-order valence-corrected chi connectivity index (χ0v) is 9.45. The molecule has 4 nitrogen and oxygen atoms in total. The van der Waals surface area contributed by atoms with Crippen LogP contribution < -0.4 is 10.5 Å². The summed E-state index contributed by atoms with van der Waals surface area (Å²) in [6.07, 6.45) is 0.516. The van der Waals surface area contributed by atoms with Gasteiger partial charge in [0.05, 0.1) is 7.11 Å². The summed E-state index contributed by atoms with van der Waals surface area (Å²) < 4.78 is 5.27. The van der Waals surface area contributed by atoms with E-state index in [1.165, 1.54) is 0 Å². The molecular weight excluding hydrogens is 192 g/mol. The van der Waals surface area contributed by atoms with Gasteiger partial charge in [-0.15, -0.1) is 0 Å². The van der Waals surface area contributed by atoms with Crippen molar-refractivity contribution >= 4 is 0 Å². The number of nitrogens with two attached hydrogens (primary N) is 1. The summed E-state index contributed by atoms with van der Waals surface area (Å²) in [5, 5.41) is 8.87. The second-order valence-corrected chi connectivity index (χ2v) is 3.58. The Kier molecular flexibility index (Phi) is 4.05. The molecular formula is C11H18N2O2. The Labute approximate surface area is 90.1 Å². The number of aryl methyl sites for hydroxylation is 2. The highest BCUT2D eigenvalue weighted by molar-refractivity contribution is 5.40. The number of aliphatic hydroxyl groups is 1. The van der Waals surface area contributed by atoms with E-state index in [0.29, 0.717) is 6.42 Å². The van der Waals surface area contributed by atoms with Crippen molar-refractivity contribution in [1.82, 2.24) is 4.98 Å². The molecule has 0 saturated heterocycles. The molecule has 15 heavy (non-hydrogen) atoms. The fourth-order valence-corrected chi connectivity index (χ4v) is 1.71. The van der Waals surface area contributed by atoms with Crippen LogP contribution in [0.25, 0.3) is 0 Å². The quantitative estimate of drug-likeness (QED) is 0.780. The van der Waals surface area contributed by atoms with E-state index in [-0.39, 0.29) is 12.6 Å². The van der Waals surface area contributed by atoms with E-state index in [1.807, 2.05) is 19.9 Å². The minimum Gasteiger partial charge on any atom is -0.496 e. The Morgan fingerprint density at radius 3 is 2.73 bits per heavy atom. The molecule has 0 aliphatic carbocycles.